The van der Waals surface area contributed by atoms with Gasteiger partial charge in [-0.3, -0.25) is 0 Å². The number of ether oxygens (including phenoxy) is 4. The molecule has 0 aromatic heterocycles. The Morgan fingerprint density at radius 3 is 2.29 bits per heavy atom. The molecule has 0 saturated carbocycles. The molecule has 3 rings (SSSR count). The highest BCUT2D eigenvalue weighted by Crippen LogP contribution is 2.41. The zero-order valence-electron chi connectivity index (χ0n) is 17.3. The minimum atomic E-state index is -0.712. The van der Waals surface area contributed by atoms with Crippen molar-refractivity contribution in [2.45, 2.75) is 0 Å². The number of rotatable bonds is 6. The number of thioether (sulfide) groups is 1. The normalized spacial score (nSPS) is 16.0. The van der Waals surface area contributed by atoms with Crippen LogP contribution in [0.15, 0.2) is 57.6 Å². The Morgan fingerprint density at radius 1 is 0.935 bits per heavy atom. The number of nitrogens with zero attached hydrogens (tertiary/aromatic N) is 1. The molecule has 0 bridgehead atoms. The van der Waals surface area contributed by atoms with Crippen LogP contribution in [0.5, 0.6) is 23.0 Å². The van der Waals surface area contributed by atoms with E-state index in [1.807, 2.05) is 0 Å². The fraction of sp³-hybridized carbons (Fsp3) is 0.182. The number of carbonyl (C=O) groups excluding carboxylic acids is 1. The number of aliphatic hydroxyl groups excluding tert-OH is 1. The van der Waals surface area contributed by atoms with Gasteiger partial charge in [0.1, 0.15) is 16.4 Å². The van der Waals surface area contributed by atoms with Gasteiger partial charge in [-0.15, -0.1) is 0 Å². The maximum Gasteiger partial charge on any atom is 0.344 e. The number of benzene rings is 2. The van der Waals surface area contributed by atoms with Crippen LogP contribution < -0.4 is 14.2 Å². The summed E-state index contributed by atoms with van der Waals surface area (Å²) in [7, 11) is 5.71. The van der Waals surface area contributed by atoms with Gasteiger partial charge in [-0.1, -0.05) is 17.8 Å². The summed E-state index contributed by atoms with van der Waals surface area (Å²) in [6.45, 7) is 0. The summed E-state index contributed by atoms with van der Waals surface area (Å²) in [5.41, 5.74) is 1.11. The number of carbonyl (C=O) groups is 1. The van der Waals surface area contributed by atoms with E-state index in [0.29, 0.717) is 27.7 Å². The van der Waals surface area contributed by atoms with Crippen LogP contribution in [0.3, 0.4) is 0 Å². The van der Waals surface area contributed by atoms with Crippen molar-refractivity contribution in [3.8, 4) is 23.0 Å². The average Bonchev–Trinajstić information content (AvgIpc) is 3.08. The minimum Gasteiger partial charge on any atom is -0.506 e. The van der Waals surface area contributed by atoms with Gasteiger partial charge >= 0.3 is 5.97 Å². The maximum absolute atomic E-state index is 12.3. The zero-order valence-corrected chi connectivity index (χ0v) is 18.1. The maximum atomic E-state index is 12.3. The van der Waals surface area contributed by atoms with Crippen molar-refractivity contribution in [3.63, 3.8) is 0 Å². The van der Waals surface area contributed by atoms with Gasteiger partial charge in [0.2, 0.25) is 0 Å². The molecular formula is C22H21NO7S. The third-order valence-corrected chi connectivity index (χ3v) is 5.40. The lowest BCUT2D eigenvalue weighted by molar-refractivity contribution is -0.135. The highest BCUT2D eigenvalue weighted by Gasteiger charge is 2.33. The van der Waals surface area contributed by atoms with Crippen LogP contribution in [0.25, 0.3) is 6.08 Å². The molecule has 1 aliphatic rings. The van der Waals surface area contributed by atoms with E-state index < -0.39 is 5.97 Å². The van der Waals surface area contributed by atoms with Crippen molar-refractivity contribution in [1.82, 2.24) is 0 Å². The van der Waals surface area contributed by atoms with E-state index in [4.69, 9.17) is 18.9 Å². The van der Waals surface area contributed by atoms with Crippen LogP contribution in [-0.2, 0) is 9.53 Å². The number of methoxy groups -OCH3 is 4. The van der Waals surface area contributed by atoms with E-state index in [1.165, 1.54) is 34.5 Å². The van der Waals surface area contributed by atoms with Crippen LogP contribution in [0.2, 0.25) is 0 Å². The molecule has 0 unspecified atom stereocenters. The number of aromatic hydroxyl groups is 1. The number of phenols is 1. The Hall–Kier alpha value is -3.59. The summed E-state index contributed by atoms with van der Waals surface area (Å²) in [6, 6.07) is 9.79. The van der Waals surface area contributed by atoms with E-state index in [9.17, 15) is 15.0 Å². The van der Waals surface area contributed by atoms with E-state index >= 15 is 0 Å². The van der Waals surface area contributed by atoms with Gasteiger partial charge in [0.15, 0.2) is 23.0 Å². The third-order valence-electron chi connectivity index (χ3n) is 4.38. The van der Waals surface area contributed by atoms with Gasteiger partial charge in [-0.25, -0.2) is 9.79 Å². The molecule has 1 heterocycles. The number of esters is 1. The third kappa shape index (κ3) is 4.61. The summed E-state index contributed by atoms with van der Waals surface area (Å²) in [6.07, 6.45) is 1.65. The highest BCUT2D eigenvalue weighted by molar-refractivity contribution is 8.18. The topological polar surface area (TPSA) is 107 Å². The molecule has 0 atom stereocenters. The molecule has 0 aliphatic carbocycles. The van der Waals surface area contributed by atoms with Gasteiger partial charge in [0.25, 0.3) is 0 Å². The lowest BCUT2D eigenvalue weighted by atomic mass is 10.1. The molecule has 31 heavy (non-hydrogen) atoms. The second-order valence-electron chi connectivity index (χ2n) is 6.21. The van der Waals surface area contributed by atoms with Crippen molar-refractivity contribution < 1.29 is 34.0 Å². The van der Waals surface area contributed by atoms with Crippen LogP contribution in [0.1, 0.15) is 5.56 Å². The molecule has 2 aromatic rings. The van der Waals surface area contributed by atoms with E-state index in [-0.39, 0.29) is 27.9 Å². The fourth-order valence-corrected chi connectivity index (χ4v) is 3.87. The Labute approximate surface area is 183 Å². The smallest absolute Gasteiger partial charge is 0.344 e. The number of aliphatic imine (C=N–C) groups is 1. The first-order chi connectivity index (χ1) is 14.9. The van der Waals surface area contributed by atoms with Crippen LogP contribution >= 0.6 is 11.8 Å². The summed E-state index contributed by atoms with van der Waals surface area (Å²) >= 11 is 1.11. The molecule has 0 spiro atoms. The fourth-order valence-electron chi connectivity index (χ4n) is 2.84. The Kier molecular flexibility index (Phi) is 6.76. The first-order valence-electron chi connectivity index (χ1n) is 9.01. The SMILES string of the molecule is COC(=O)C1=C(O)/C(=C\c2ccc(O)c(OC)c2)SC1=Nc1ccc(OC)c(OC)c1. The molecular weight excluding hydrogens is 422 g/mol. The summed E-state index contributed by atoms with van der Waals surface area (Å²) in [5.74, 6) is 0.341. The molecule has 162 valence electrons. The minimum absolute atomic E-state index is 0.00515. The molecule has 0 amide bonds. The molecule has 0 radical (unpaired) electrons. The lowest BCUT2D eigenvalue weighted by Gasteiger charge is -2.08. The Morgan fingerprint density at radius 2 is 1.65 bits per heavy atom. The van der Waals surface area contributed by atoms with Crippen molar-refractivity contribution in [2.24, 2.45) is 4.99 Å². The molecule has 0 saturated heterocycles. The van der Waals surface area contributed by atoms with Crippen molar-refractivity contribution in [1.29, 1.82) is 0 Å². The average molecular weight is 443 g/mol. The predicted molar refractivity (Wildman–Crippen MR) is 119 cm³/mol. The van der Waals surface area contributed by atoms with E-state index in [0.717, 1.165) is 11.8 Å². The molecule has 0 fully saturated rings. The van der Waals surface area contributed by atoms with E-state index in [2.05, 4.69) is 4.99 Å². The van der Waals surface area contributed by atoms with Crippen LogP contribution in [0, 0.1) is 0 Å². The standard InChI is InChI=1S/C22H21NO7S/c1-27-15-8-6-13(11-17(15)29-3)23-21-19(22(26)30-4)20(25)18(31-21)10-12-5-7-14(24)16(9-12)28-2/h5-11,24-25H,1-4H3/b18-10+,23-21?. The predicted octanol–water partition coefficient (Wildman–Crippen LogP) is 4.22. The Balaban J connectivity index is 2.05. The van der Waals surface area contributed by atoms with Gasteiger partial charge in [-0.05, 0) is 35.9 Å². The van der Waals surface area contributed by atoms with E-state index in [1.54, 1.807) is 36.4 Å². The molecule has 2 N–H and O–H groups in total. The number of hydrogen-bond acceptors (Lipinski definition) is 9. The zero-order chi connectivity index (χ0) is 22.5. The van der Waals surface area contributed by atoms with Gasteiger partial charge < -0.3 is 29.2 Å². The van der Waals surface area contributed by atoms with Crippen LogP contribution in [-0.4, -0.2) is 49.7 Å². The molecule has 1 aliphatic heterocycles. The van der Waals surface area contributed by atoms with Crippen molar-refractivity contribution in [3.05, 3.63) is 58.2 Å². The van der Waals surface area contributed by atoms with Crippen molar-refractivity contribution in [2.75, 3.05) is 28.4 Å². The molecule has 2 aromatic carbocycles. The number of hydrogen-bond donors (Lipinski definition) is 2. The summed E-state index contributed by atoms with van der Waals surface area (Å²) in [4.78, 5) is 17.2. The number of aliphatic hydroxyl groups is 1. The quantitative estimate of drug-likeness (QED) is 0.639. The van der Waals surface area contributed by atoms with Crippen molar-refractivity contribution >= 4 is 34.5 Å². The summed E-state index contributed by atoms with van der Waals surface area (Å²) < 4.78 is 20.5. The van der Waals surface area contributed by atoms with Crippen LogP contribution in [0.4, 0.5) is 5.69 Å². The largest absolute Gasteiger partial charge is 0.506 e. The Bertz CT molecular complexity index is 1110. The second-order valence-corrected chi connectivity index (χ2v) is 7.24. The van der Waals surface area contributed by atoms with Gasteiger partial charge in [-0.2, -0.15) is 0 Å². The highest BCUT2D eigenvalue weighted by atomic mass is 32.2. The number of phenolic OH excluding ortho intramolecular Hbond substituents is 1. The second kappa shape index (κ2) is 9.48. The first kappa shape index (κ1) is 22.1. The van der Waals surface area contributed by atoms with Gasteiger partial charge in [0, 0.05) is 6.07 Å². The molecule has 9 heteroatoms. The summed E-state index contributed by atoms with van der Waals surface area (Å²) in [5, 5.41) is 20.8. The first-order valence-corrected chi connectivity index (χ1v) is 9.83. The lowest BCUT2D eigenvalue weighted by Crippen LogP contribution is -2.10. The molecule has 8 nitrogen and oxygen atoms in total. The van der Waals surface area contributed by atoms with Gasteiger partial charge in [0.05, 0.1) is 39.0 Å². The monoisotopic (exact) mass is 443 g/mol.